The first-order valence-corrected chi connectivity index (χ1v) is 10.7. The molecule has 3 atom stereocenters. The minimum Gasteiger partial charge on any atom is -0.334 e. The molecular weight excluding hydrogens is 346 g/mol. The van der Waals surface area contributed by atoms with E-state index in [0.717, 1.165) is 44.5 Å². The number of amides is 2. The number of urea groups is 1. The monoisotopic (exact) mass is 375 g/mol. The van der Waals surface area contributed by atoms with Crippen LogP contribution in [0.5, 0.6) is 0 Å². The van der Waals surface area contributed by atoms with Gasteiger partial charge in [-0.05, 0) is 48.3 Å². The minimum atomic E-state index is 0.107. The molecule has 0 saturated carbocycles. The second-order valence-electron chi connectivity index (χ2n) is 8.50. The van der Waals surface area contributed by atoms with Crippen molar-refractivity contribution in [1.29, 1.82) is 0 Å². The number of rotatable bonds is 2. The van der Waals surface area contributed by atoms with Gasteiger partial charge in [0.05, 0.1) is 0 Å². The van der Waals surface area contributed by atoms with Gasteiger partial charge in [-0.15, -0.1) is 0 Å². The fourth-order valence-electron chi connectivity index (χ4n) is 5.52. The molecule has 2 amide bonds. The Kier molecular flexibility index (Phi) is 4.81. The molecule has 4 nitrogen and oxygen atoms in total. The van der Waals surface area contributed by atoms with Crippen molar-refractivity contribution in [2.45, 2.75) is 44.3 Å². The molecule has 0 bridgehead atoms. The van der Waals surface area contributed by atoms with E-state index >= 15 is 0 Å². The van der Waals surface area contributed by atoms with Crippen LogP contribution in [0.1, 0.15) is 42.0 Å². The van der Waals surface area contributed by atoms with Crippen molar-refractivity contribution >= 4 is 6.03 Å². The van der Waals surface area contributed by atoms with Crippen LogP contribution in [0.15, 0.2) is 54.6 Å². The quantitative estimate of drug-likeness (QED) is 0.862. The number of carbonyl (C=O) groups is 1. The number of benzene rings is 2. The molecule has 0 spiro atoms. The summed E-state index contributed by atoms with van der Waals surface area (Å²) in [6, 6.07) is 20.0. The SMILES string of the molecule is O=C(NCc1ccccc1)N1CCCC2CN3CCc4ccccc4C3CC21. The smallest absolute Gasteiger partial charge is 0.317 e. The first kappa shape index (κ1) is 17.7. The average molecular weight is 376 g/mol. The van der Waals surface area contributed by atoms with Crippen LogP contribution < -0.4 is 5.32 Å². The third kappa shape index (κ3) is 3.30. The van der Waals surface area contributed by atoms with Crippen molar-refractivity contribution in [2.24, 2.45) is 5.92 Å². The van der Waals surface area contributed by atoms with Gasteiger partial charge < -0.3 is 10.2 Å². The maximum atomic E-state index is 13.0. The zero-order valence-electron chi connectivity index (χ0n) is 16.4. The summed E-state index contributed by atoms with van der Waals surface area (Å²) in [7, 11) is 0. The molecule has 28 heavy (non-hydrogen) atoms. The van der Waals surface area contributed by atoms with E-state index < -0.39 is 0 Å². The highest BCUT2D eigenvalue weighted by molar-refractivity contribution is 5.74. The molecule has 146 valence electrons. The Morgan fingerprint density at radius 1 is 1.04 bits per heavy atom. The van der Waals surface area contributed by atoms with Crippen molar-refractivity contribution in [3.8, 4) is 0 Å². The zero-order valence-corrected chi connectivity index (χ0v) is 16.4. The second-order valence-corrected chi connectivity index (χ2v) is 8.50. The summed E-state index contributed by atoms with van der Waals surface area (Å²) >= 11 is 0. The van der Waals surface area contributed by atoms with Crippen LogP contribution in [-0.4, -0.2) is 41.5 Å². The first-order chi connectivity index (χ1) is 13.8. The van der Waals surface area contributed by atoms with Gasteiger partial charge in [0.25, 0.3) is 0 Å². The lowest BCUT2D eigenvalue weighted by molar-refractivity contribution is 0.00568. The van der Waals surface area contributed by atoms with Crippen molar-refractivity contribution in [2.75, 3.05) is 19.6 Å². The third-order valence-electron chi connectivity index (χ3n) is 6.92. The molecule has 2 aromatic rings. The topological polar surface area (TPSA) is 35.6 Å². The van der Waals surface area contributed by atoms with Gasteiger partial charge in [-0.1, -0.05) is 54.6 Å². The van der Waals surface area contributed by atoms with Gasteiger partial charge in [-0.2, -0.15) is 0 Å². The summed E-state index contributed by atoms with van der Waals surface area (Å²) in [6.45, 7) is 3.78. The predicted octanol–water partition coefficient (Wildman–Crippen LogP) is 3.98. The lowest BCUT2D eigenvalue weighted by atomic mass is 9.77. The lowest BCUT2D eigenvalue weighted by Crippen LogP contribution is -2.59. The van der Waals surface area contributed by atoms with Crippen LogP contribution in [0.2, 0.25) is 0 Å². The van der Waals surface area contributed by atoms with E-state index in [0.29, 0.717) is 24.5 Å². The van der Waals surface area contributed by atoms with Gasteiger partial charge in [0.15, 0.2) is 0 Å². The summed E-state index contributed by atoms with van der Waals surface area (Å²) in [5.41, 5.74) is 4.14. The fourth-order valence-corrected chi connectivity index (χ4v) is 5.52. The molecule has 0 aromatic heterocycles. The number of piperidine rings is 2. The minimum absolute atomic E-state index is 0.107. The standard InChI is InChI=1S/C24H29N3O/c28-24(25-16-18-7-2-1-3-8-18)27-13-6-10-20-17-26-14-12-19-9-4-5-11-21(19)23(26)15-22(20)27/h1-5,7-9,11,20,22-23H,6,10,12-17H2,(H,25,28). The zero-order chi connectivity index (χ0) is 18.9. The summed E-state index contributed by atoms with van der Waals surface area (Å²) in [5, 5.41) is 3.17. The molecule has 3 aliphatic heterocycles. The summed E-state index contributed by atoms with van der Waals surface area (Å²) in [5.74, 6) is 0.609. The molecule has 2 saturated heterocycles. The van der Waals surface area contributed by atoms with Crippen molar-refractivity contribution in [3.63, 3.8) is 0 Å². The number of carbonyl (C=O) groups excluding carboxylic acids is 1. The van der Waals surface area contributed by atoms with E-state index in [1.807, 2.05) is 18.2 Å². The molecule has 1 N–H and O–H groups in total. The molecule has 0 aliphatic carbocycles. The van der Waals surface area contributed by atoms with E-state index in [-0.39, 0.29) is 6.03 Å². The number of hydrogen-bond acceptors (Lipinski definition) is 2. The van der Waals surface area contributed by atoms with Crippen molar-refractivity contribution < 1.29 is 4.79 Å². The van der Waals surface area contributed by atoms with Gasteiger partial charge in [-0.3, -0.25) is 4.90 Å². The summed E-state index contributed by atoms with van der Waals surface area (Å²) < 4.78 is 0. The van der Waals surface area contributed by atoms with Crippen LogP contribution in [0.25, 0.3) is 0 Å². The Bertz CT molecular complexity index is 837. The molecule has 0 radical (unpaired) electrons. The molecule has 4 heteroatoms. The third-order valence-corrected chi connectivity index (χ3v) is 6.92. The van der Waals surface area contributed by atoms with E-state index in [9.17, 15) is 4.79 Å². The van der Waals surface area contributed by atoms with Crippen LogP contribution in [0.3, 0.4) is 0 Å². The van der Waals surface area contributed by atoms with Gasteiger partial charge in [0.2, 0.25) is 0 Å². The van der Waals surface area contributed by atoms with Crippen molar-refractivity contribution in [1.82, 2.24) is 15.1 Å². The summed E-state index contributed by atoms with van der Waals surface area (Å²) in [4.78, 5) is 17.9. The molecule has 5 rings (SSSR count). The Hall–Kier alpha value is -2.33. The van der Waals surface area contributed by atoms with Crippen LogP contribution in [-0.2, 0) is 13.0 Å². The van der Waals surface area contributed by atoms with E-state index in [1.54, 1.807) is 0 Å². The Balaban J connectivity index is 1.32. The highest BCUT2D eigenvalue weighted by atomic mass is 16.2. The molecule has 3 unspecified atom stereocenters. The van der Waals surface area contributed by atoms with Gasteiger partial charge in [0, 0.05) is 38.3 Å². The Labute approximate surface area is 167 Å². The normalized spacial score (nSPS) is 26.7. The van der Waals surface area contributed by atoms with Gasteiger partial charge in [0.1, 0.15) is 0 Å². The maximum absolute atomic E-state index is 13.0. The number of nitrogens with zero attached hydrogens (tertiary/aromatic N) is 2. The Morgan fingerprint density at radius 3 is 2.75 bits per heavy atom. The number of nitrogens with one attached hydrogen (secondary N) is 1. The first-order valence-electron chi connectivity index (χ1n) is 10.7. The van der Waals surface area contributed by atoms with E-state index in [2.05, 4.69) is 51.5 Å². The number of likely N-dealkylation sites (tertiary alicyclic amines) is 1. The van der Waals surface area contributed by atoms with Gasteiger partial charge >= 0.3 is 6.03 Å². The summed E-state index contributed by atoms with van der Waals surface area (Å²) in [6.07, 6.45) is 4.60. The van der Waals surface area contributed by atoms with Crippen molar-refractivity contribution in [3.05, 3.63) is 71.3 Å². The molecular formula is C24H29N3O. The molecule has 2 fully saturated rings. The lowest BCUT2D eigenvalue weighted by Gasteiger charge is -2.52. The fraction of sp³-hybridized carbons (Fsp3) is 0.458. The molecule has 3 aliphatic rings. The number of fused-ring (bicyclic) bond motifs is 4. The van der Waals surface area contributed by atoms with Gasteiger partial charge in [-0.25, -0.2) is 4.79 Å². The highest BCUT2D eigenvalue weighted by Crippen LogP contribution is 2.42. The maximum Gasteiger partial charge on any atom is 0.317 e. The van der Waals surface area contributed by atoms with Crippen LogP contribution in [0, 0.1) is 5.92 Å². The van der Waals surface area contributed by atoms with E-state index in [4.69, 9.17) is 0 Å². The Morgan fingerprint density at radius 2 is 1.86 bits per heavy atom. The second kappa shape index (κ2) is 7.59. The number of hydrogen-bond donors (Lipinski definition) is 1. The highest BCUT2D eigenvalue weighted by Gasteiger charge is 2.43. The molecule has 2 aromatic carbocycles. The van der Waals surface area contributed by atoms with Crippen LogP contribution in [0.4, 0.5) is 4.79 Å². The molecule has 3 heterocycles. The van der Waals surface area contributed by atoms with Crippen LogP contribution >= 0.6 is 0 Å². The largest absolute Gasteiger partial charge is 0.334 e. The predicted molar refractivity (Wildman–Crippen MR) is 111 cm³/mol. The average Bonchev–Trinajstić information content (AvgIpc) is 2.76. The van der Waals surface area contributed by atoms with E-state index in [1.165, 1.54) is 17.5 Å².